The number of carbonyl (C=O) groups excluding carboxylic acids is 2. The fourth-order valence-corrected chi connectivity index (χ4v) is 2.85. The zero-order valence-corrected chi connectivity index (χ0v) is 16.0. The lowest BCUT2D eigenvalue weighted by Gasteiger charge is -2.11. The molecule has 0 aliphatic carbocycles. The highest BCUT2D eigenvalue weighted by Crippen LogP contribution is 2.26. The number of methoxy groups -OCH3 is 1. The Bertz CT molecular complexity index is 980. The zero-order valence-electron chi connectivity index (χ0n) is 16.0. The number of hydrogen-bond donors (Lipinski definition) is 1. The van der Waals surface area contributed by atoms with E-state index in [-0.39, 0.29) is 11.9 Å². The van der Waals surface area contributed by atoms with Gasteiger partial charge in [-0.3, -0.25) is 4.79 Å². The Hall–Kier alpha value is -3.34. The minimum atomic E-state index is -0.359. The number of hydrogen-bond acceptors (Lipinski definition) is 4. The van der Waals surface area contributed by atoms with E-state index in [1.54, 1.807) is 31.4 Å². The van der Waals surface area contributed by atoms with Crippen molar-refractivity contribution in [2.45, 2.75) is 19.8 Å². The van der Waals surface area contributed by atoms with Crippen LogP contribution >= 0.6 is 0 Å². The highest BCUT2D eigenvalue weighted by atomic mass is 16.5. The van der Waals surface area contributed by atoms with Gasteiger partial charge in [-0.25, -0.2) is 4.79 Å². The number of unbranched alkanes of at least 4 members (excludes halogenated alkanes) is 1. The number of ether oxygens (including phenoxy) is 2. The predicted octanol–water partition coefficient (Wildman–Crippen LogP) is 5.06. The zero-order chi connectivity index (χ0) is 19.9. The molecule has 0 saturated heterocycles. The van der Waals surface area contributed by atoms with Crippen LogP contribution in [-0.4, -0.2) is 25.6 Å². The lowest BCUT2D eigenvalue weighted by molar-refractivity contribution is 0.0499. The molecule has 0 aromatic heterocycles. The minimum Gasteiger partial charge on any atom is -0.496 e. The molecular weight excluding hydrogens is 354 g/mol. The number of esters is 1. The van der Waals surface area contributed by atoms with Crippen molar-refractivity contribution < 1.29 is 19.1 Å². The second-order valence-corrected chi connectivity index (χ2v) is 6.42. The summed E-state index contributed by atoms with van der Waals surface area (Å²) in [5.74, 6) is -0.129. The van der Waals surface area contributed by atoms with E-state index in [2.05, 4.69) is 5.32 Å². The number of carbonyl (C=O) groups is 2. The van der Waals surface area contributed by atoms with Gasteiger partial charge in [-0.2, -0.15) is 0 Å². The van der Waals surface area contributed by atoms with Crippen LogP contribution < -0.4 is 10.1 Å². The molecule has 0 atom stereocenters. The van der Waals surface area contributed by atoms with Gasteiger partial charge in [-0.05, 0) is 53.6 Å². The average molecular weight is 377 g/mol. The lowest BCUT2D eigenvalue weighted by atomic mass is 10.1. The third-order valence-electron chi connectivity index (χ3n) is 4.42. The van der Waals surface area contributed by atoms with Crippen LogP contribution in [0.3, 0.4) is 0 Å². The van der Waals surface area contributed by atoms with E-state index < -0.39 is 0 Å². The van der Waals surface area contributed by atoms with E-state index in [9.17, 15) is 9.59 Å². The van der Waals surface area contributed by atoms with E-state index in [1.807, 2.05) is 43.3 Å². The fourth-order valence-electron chi connectivity index (χ4n) is 2.85. The van der Waals surface area contributed by atoms with Crippen molar-refractivity contribution >= 4 is 28.3 Å². The summed E-state index contributed by atoms with van der Waals surface area (Å²) in [6, 6.07) is 18.1. The monoisotopic (exact) mass is 377 g/mol. The Morgan fingerprint density at radius 1 is 0.964 bits per heavy atom. The first kappa shape index (κ1) is 19.4. The lowest BCUT2D eigenvalue weighted by Crippen LogP contribution is -2.13. The Morgan fingerprint density at radius 2 is 1.64 bits per heavy atom. The minimum absolute atomic E-state index is 0.277. The molecule has 0 aliphatic rings. The molecule has 0 heterocycles. The summed E-state index contributed by atoms with van der Waals surface area (Å²) >= 11 is 0. The van der Waals surface area contributed by atoms with Gasteiger partial charge in [0.25, 0.3) is 5.91 Å². The van der Waals surface area contributed by atoms with E-state index >= 15 is 0 Å². The molecule has 28 heavy (non-hydrogen) atoms. The van der Waals surface area contributed by atoms with Crippen LogP contribution in [0, 0.1) is 0 Å². The Balaban J connectivity index is 1.74. The maximum Gasteiger partial charge on any atom is 0.338 e. The van der Waals surface area contributed by atoms with Crippen molar-refractivity contribution in [1.29, 1.82) is 0 Å². The number of anilines is 1. The van der Waals surface area contributed by atoms with E-state index in [0.717, 1.165) is 23.6 Å². The van der Waals surface area contributed by atoms with Crippen LogP contribution in [0.15, 0.2) is 60.7 Å². The first-order valence-corrected chi connectivity index (χ1v) is 9.27. The summed E-state index contributed by atoms with van der Waals surface area (Å²) in [6.07, 6.45) is 1.81. The number of benzene rings is 3. The van der Waals surface area contributed by atoms with E-state index in [4.69, 9.17) is 9.47 Å². The Labute approximate surface area is 164 Å². The van der Waals surface area contributed by atoms with Gasteiger partial charge in [-0.15, -0.1) is 0 Å². The van der Waals surface area contributed by atoms with Gasteiger partial charge in [0.2, 0.25) is 0 Å². The Morgan fingerprint density at radius 3 is 2.29 bits per heavy atom. The van der Waals surface area contributed by atoms with Gasteiger partial charge in [-0.1, -0.05) is 37.6 Å². The summed E-state index contributed by atoms with van der Waals surface area (Å²) in [4.78, 5) is 24.7. The van der Waals surface area contributed by atoms with Gasteiger partial charge in [0.05, 0.1) is 24.8 Å². The maximum atomic E-state index is 12.7. The summed E-state index contributed by atoms with van der Waals surface area (Å²) in [7, 11) is 1.54. The third kappa shape index (κ3) is 4.49. The van der Waals surface area contributed by atoms with Crippen LogP contribution in [0.5, 0.6) is 5.75 Å². The number of fused-ring (bicyclic) bond motifs is 1. The number of rotatable bonds is 7. The number of amides is 1. The second kappa shape index (κ2) is 9.04. The third-order valence-corrected chi connectivity index (χ3v) is 4.42. The smallest absolute Gasteiger partial charge is 0.338 e. The van der Waals surface area contributed by atoms with Crippen LogP contribution in [-0.2, 0) is 4.74 Å². The van der Waals surface area contributed by atoms with Crippen molar-refractivity contribution in [1.82, 2.24) is 0 Å². The van der Waals surface area contributed by atoms with Crippen molar-refractivity contribution in [3.8, 4) is 5.75 Å². The molecule has 0 spiro atoms. The van der Waals surface area contributed by atoms with E-state index in [0.29, 0.717) is 29.2 Å². The number of nitrogens with one attached hydrogen (secondary N) is 1. The molecule has 0 saturated carbocycles. The summed E-state index contributed by atoms with van der Waals surface area (Å²) < 4.78 is 10.6. The topological polar surface area (TPSA) is 64.6 Å². The molecule has 0 fully saturated rings. The molecular formula is C23H23NO4. The van der Waals surface area contributed by atoms with Gasteiger partial charge in [0.1, 0.15) is 5.75 Å². The predicted molar refractivity (Wildman–Crippen MR) is 110 cm³/mol. The van der Waals surface area contributed by atoms with Crippen LogP contribution in [0.2, 0.25) is 0 Å². The molecule has 0 bridgehead atoms. The van der Waals surface area contributed by atoms with Crippen LogP contribution in [0.25, 0.3) is 10.8 Å². The summed E-state index contributed by atoms with van der Waals surface area (Å²) in [5.41, 5.74) is 1.49. The molecule has 5 heteroatoms. The van der Waals surface area contributed by atoms with Gasteiger partial charge in [0.15, 0.2) is 0 Å². The quantitative estimate of drug-likeness (QED) is 0.462. The van der Waals surface area contributed by atoms with E-state index in [1.165, 1.54) is 0 Å². The molecule has 5 nitrogen and oxygen atoms in total. The molecule has 3 aromatic carbocycles. The van der Waals surface area contributed by atoms with Crippen molar-refractivity contribution in [2.75, 3.05) is 19.0 Å². The molecule has 3 rings (SSSR count). The standard InChI is InChI=1S/C23H23NO4/c1-3-4-13-28-23(26)16-9-11-19(12-10-16)24-22(25)20-14-17-7-5-6-8-18(17)15-21(20)27-2/h5-12,14-15H,3-4,13H2,1-2H3,(H,24,25). The van der Waals surface area contributed by atoms with Crippen LogP contribution in [0.4, 0.5) is 5.69 Å². The van der Waals surface area contributed by atoms with Crippen molar-refractivity contribution in [3.63, 3.8) is 0 Å². The normalized spacial score (nSPS) is 10.5. The molecule has 0 radical (unpaired) electrons. The second-order valence-electron chi connectivity index (χ2n) is 6.42. The summed E-state index contributed by atoms with van der Waals surface area (Å²) in [5, 5.41) is 4.80. The largest absolute Gasteiger partial charge is 0.496 e. The first-order valence-electron chi connectivity index (χ1n) is 9.27. The highest BCUT2D eigenvalue weighted by molar-refractivity contribution is 6.08. The molecule has 0 unspecified atom stereocenters. The first-order chi connectivity index (χ1) is 13.6. The molecule has 1 N–H and O–H groups in total. The van der Waals surface area contributed by atoms with Gasteiger partial charge >= 0.3 is 5.97 Å². The molecule has 0 aliphatic heterocycles. The molecule has 3 aromatic rings. The van der Waals surface area contributed by atoms with Gasteiger partial charge < -0.3 is 14.8 Å². The Kier molecular flexibility index (Phi) is 6.27. The molecule has 144 valence electrons. The maximum absolute atomic E-state index is 12.7. The van der Waals surface area contributed by atoms with Crippen molar-refractivity contribution in [2.24, 2.45) is 0 Å². The fraction of sp³-hybridized carbons (Fsp3) is 0.217. The van der Waals surface area contributed by atoms with Gasteiger partial charge in [0, 0.05) is 5.69 Å². The van der Waals surface area contributed by atoms with Crippen LogP contribution in [0.1, 0.15) is 40.5 Å². The average Bonchev–Trinajstić information content (AvgIpc) is 2.73. The SMILES string of the molecule is CCCCOC(=O)c1ccc(NC(=O)c2cc3ccccc3cc2OC)cc1. The molecule has 1 amide bonds. The summed E-state index contributed by atoms with van der Waals surface area (Å²) in [6.45, 7) is 2.45. The highest BCUT2D eigenvalue weighted by Gasteiger charge is 2.14. The van der Waals surface area contributed by atoms with Crippen molar-refractivity contribution in [3.05, 3.63) is 71.8 Å².